The van der Waals surface area contributed by atoms with Gasteiger partial charge in [-0.25, -0.2) is 0 Å². The molecular formula is C19H32O. The van der Waals surface area contributed by atoms with Gasteiger partial charge in [0.1, 0.15) is 5.75 Å². The molecule has 1 aromatic rings. The third kappa shape index (κ3) is 6.45. The zero-order valence-electron chi connectivity index (χ0n) is 13.8. The molecule has 114 valence electrons. The van der Waals surface area contributed by atoms with E-state index in [2.05, 4.69) is 52.0 Å². The van der Waals surface area contributed by atoms with Crippen molar-refractivity contribution in [3.05, 3.63) is 29.8 Å². The number of benzene rings is 1. The molecule has 0 spiro atoms. The zero-order valence-corrected chi connectivity index (χ0v) is 13.8. The van der Waals surface area contributed by atoms with Crippen LogP contribution in [-0.4, -0.2) is 6.61 Å². The van der Waals surface area contributed by atoms with Gasteiger partial charge in [-0.05, 0) is 36.0 Å². The summed E-state index contributed by atoms with van der Waals surface area (Å²) in [7, 11) is 0. The van der Waals surface area contributed by atoms with E-state index in [9.17, 15) is 0 Å². The Morgan fingerprint density at radius 2 is 1.65 bits per heavy atom. The van der Waals surface area contributed by atoms with Crippen molar-refractivity contribution in [2.45, 2.75) is 72.1 Å². The number of hydrogen-bond acceptors (Lipinski definition) is 1. The van der Waals surface area contributed by atoms with E-state index in [0.29, 0.717) is 11.8 Å². The molecule has 0 radical (unpaired) electrons. The number of unbranched alkanes of at least 4 members (excludes halogenated alkanes) is 3. The second-order valence-electron chi connectivity index (χ2n) is 6.16. The Kier molecular flexibility index (Phi) is 8.41. The summed E-state index contributed by atoms with van der Waals surface area (Å²) in [6, 6.07) is 8.59. The molecule has 1 nitrogen and oxygen atoms in total. The topological polar surface area (TPSA) is 9.23 Å². The summed E-state index contributed by atoms with van der Waals surface area (Å²) >= 11 is 0. The molecule has 1 heteroatoms. The van der Waals surface area contributed by atoms with E-state index in [4.69, 9.17) is 4.74 Å². The molecule has 20 heavy (non-hydrogen) atoms. The zero-order chi connectivity index (χ0) is 14.8. The lowest BCUT2D eigenvalue weighted by Gasteiger charge is -2.16. The molecule has 0 heterocycles. The summed E-state index contributed by atoms with van der Waals surface area (Å²) in [5.41, 5.74) is 1.38. The Labute approximate surface area is 125 Å². The van der Waals surface area contributed by atoms with Crippen molar-refractivity contribution in [1.82, 2.24) is 0 Å². The Bertz CT molecular complexity index is 339. The van der Waals surface area contributed by atoms with Crippen molar-refractivity contribution in [2.24, 2.45) is 5.92 Å². The minimum Gasteiger partial charge on any atom is -0.493 e. The minimum atomic E-state index is 0.589. The third-order valence-electron chi connectivity index (χ3n) is 4.08. The second kappa shape index (κ2) is 9.85. The maximum absolute atomic E-state index is 5.95. The Morgan fingerprint density at radius 1 is 0.950 bits per heavy atom. The van der Waals surface area contributed by atoms with Crippen LogP contribution in [0.2, 0.25) is 0 Å². The molecule has 0 aliphatic carbocycles. The van der Waals surface area contributed by atoms with Gasteiger partial charge < -0.3 is 4.74 Å². The first-order chi connectivity index (χ1) is 9.67. The first-order valence-electron chi connectivity index (χ1n) is 8.40. The molecule has 1 rings (SSSR count). The molecule has 0 bridgehead atoms. The van der Waals surface area contributed by atoms with Gasteiger partial charge >= 0.3 is 0 Å². The van der Waals surface area contributed by atoms with Gasteiger partial charge in [-0.15, -0.1) is 0 Å². The molecule has 0 amide bonds. The lowest BCUT2D eigenvalue weighted by molar-refractivity contribution is 0.232. The molecule has 1 aromatic carbocycles. The average molecular weight is 276 g/mol. The van der Waals surface area contributed by atoms with Gasteiger partial charge in [0.15, 0.2) is 0 Å². The molecular weight excluding hydrogens is 244 g/mol. The standard InChI is InChI=1S/C19H32O/c1-5-7-8-9-10-17(6-2)15-20-19-13-11-18(12-14-19)16(3)4/h11-14,16-17H,5-10,15H2,1-4H3. The third-order valence-corrected chi connectivity index (χ3v) is 4.08. The molecule has 0 N–H and O–H groups in total. The SMILES string of the molecule is CCCCCCC(CC)COc1ccc(C(C)C)cc1. The fourth-order valence-electron chi connectivity index (χ4n) is 2.43. The van der Waals surface area contributed by atoms with E-state index in [1.807, 2.05) is 0 Å². The van der Waals surface area contributed by atoms with Crippen LogP contribution in [0.5, 0.6) is 5.75 Å². The largest absolute Gasteiger partial charge is 0.493 e. The summed E-state index contributed by atoms with van der Waals surface area (Å²) in [6.07, 6.45) is 7.93. The van der Waals surface area contributed by atoms with Crippen molar-refractivity contribution >= 4 is 0 Å². The van der Waals surface area contributed by atoms with E-state index in [1.165, 1.54) is 44.1 Å². The molecule has 0 saturated heterocycles. The summed E-state index contributed by atoms with van der Waals surface area (Å²) in [5, 5.41) is 0. The van der Waals surface area contributed by atoms with Gasteiger partial charge in [-0.1, -0.05) is 71.9 Å². The lowest BCUT2D eigenvalue weighted by Crippen LogP contribution is -2.11. The van der Waals surface area contributed by atoms with Crippen molar-refractivity contribution in [2.75, 3.05) is 6.61 Å². The van der Waals surface area contributed by atoms with Crippen LogP contribution < -0.4 is 4.74 Å². The smallest absolute Gasteiger partial charge is 0.119 e. The quantitative estimate of drug-likeness (QED) is 0.463. The highest BCUT2D eigenvalue weighted by atomic mass is 16.5. The van der Waals surface area contributed by atoms with Crippen LogP contribution in [0.3, 0.4) is 0 Å². The van der Waals surface area contributed by atoms with Crippen LogP contribution in [0.15, 0.2) is 24.3 Å². The normalized spacial score (nSPS) is 12.7. The number of ether oxygens (including phenoxy) is 1. The Hall–Kier alpha value is -0.980. The Balaban J connectivity index is 2.32. The van der Waals surface area contributed by atoms with Crippen molar-refractivity contribution in [3.63, 3.8) is 0 Å². The summed E-state index contributed by atoms with van der Waals surface area (Å²) in [4.78, 5) is 0. The van der Waals surface area contributed by atoms with Crippen LogP contribution in [-0.2, 0) is 0 Å². The molecule has 1 unspecified atom stereocenters. The van der Waals surface area contributed by atoms with Gasteiger partial charge in [-0.2, -0.15) is 0 Å². The second-order valence-corrected chi connectivity index (χ2v) is 6.16. The summed E-state index contributed by atoms with van der Waals surface area (Å²) < 4.78 is 5.95. The van der Waals surface area contributed by atoms with Gasteiger partial charge in [0.05, 0.1) is 6.61 Å². The average Bonchev–Trinajstić information content (AvgIpc) is 2.47. The molecule has 0 saturated carbocycles. The van der Waals surface area contributed by atoms with Gasteiger partial charge in [0, 0.05) is 0 Å². The summed E-state index contributed by atoms with van der Waals surface area (Å²) in [5.74, 6) is 2.31. The van der Waals surface area contributed by atoms with E-state index in [-0.39, 0.29) is 0 Å². The molecule has 1 atom stereocenters. The van der Waals surface area contributed by atoms with Crippen LogP contribution in [0.1, 0.15) is 77.7 Å². The number of rotatable bonds is 10. The highest BCUT2D eigenvalue weighted by molar-refractivity contribution is 5.28. The van der Waals surface area contributed by atoms with Crippen LogP contribution >= 0.6 is 0 Å². The Morgan fingerprint density at radius 3 is 2.20 bits per heavy atom. The first kappa shape index (κ1) is 17.1. The first-order valence-corrected chi connectivity index (χ1v) is 8.40. The van der Waals surface area contributed by atoms with Crippen LogP contribution in [0, 0.1) is 5.92 Å². The predicted molar refractivity (Wildman–Crippen MR) is 88.6 cm³/mol. The van der Waals surface area contributed by atoms with Gasteiger partial charge in [0.25, 0.3) is 0 Å². The van der Waals surface area contributed by atoms with Gasteiger partial charge in [0.2, 0.25) is 0 Å². The van der Waals surface area contributed by atoms with Crippen LogP contribution in [0.25, 0.3) is 0 Å². The van der Waals surface area contributed by atoms with E-state index in [0.717, 1.165) is 12.4 Å². The fourth-order valence-corrected chi connectivity index (χ4v) is 2.43. The van der Waals surface area contributed by atoms with Crippen molar-refractivity contribution in [1.29, 1.82) is 0 Å². The maximum Gasteiger partial charge on any atom is 0.119 e. The molecule has 0 aliphatic heterocycles. The summed E-state index contributed by atoms with van der Waals surface area (Å²) in [6.45, 7) is 9.85. The highest BCUT2D eigenvalue weighted by Gasteiger charge is 2.07. The number of hydrogen-bond donors (Lipinski definition) is 0. The van der Waals surface area contributed by atoms with Crippen LogP contribution in [0.4, 0.5) is 0 Å². The van der Waals surface area contributed by atoms with E-state index < -0.39 is 0 Å². The highest BCUT2D eigenvalue weighted by Crippen LogP contribution is 2.20. The lowest BCUT2D eigenvalue weighted by atomic mass is 9.99. The minimum absolute atomic E-state index is 0.589. The van der Waals surface area contributed by atoms with E-state index >= 15 is 0 Å². The predicted octanol–water partition coefficient (Wildman–Crippen LogP) is 6.19. The van der Waals surface area contributed by atoms with Crippen molar-refractivity contribution in [3.8, 4) is 5.75 Å². The molecule has 0 fully saturated rings. The molecule has 0 aliphatic rings. The molecule has 0 aromatic heterocycles. The van der Waals surface area contributed by atoms with Crippen molar-refractivity contribution < 1.29 is 4.74 Å². The fraction of sp³-hybridized carbons (Fsp3) is 0.684. The maximum atomic E-state index is 5.95. The van der Waals surface area contributed by atoms with Gasteiger partial charge in [-0.3, -0.25) is 0 Å². The van der Waals surface area contributed by atoms with E-state index in [1.54, 1.807) is 0 Å². The monoisotopic (exact) mass is 276 g/mol.